The highest BCUT2D eigenvalue weighted by atomic mass is 16.5. The Kier molecular flexibility index (Phi) is 5.39. The third kappa shape index (κ3) is 4.09. The molecule has 7 nitrogen and oxygen atoms in total. The van der Waals surface area contributed by atoms with Gasteiger partial charge in [0.05, 0.1) is 18.9 Å². The molecule has 0 unspecified atom stereocenters. The second-order valence-electron chi connectivity index (χ2n) is 4.19. The molecule has 1 aromatic heterocycles. The summed E-state index contributed by atoms with van der Waals surface area (Å²) in [5.74, 6) is 1.93. The monoisotopic (exact) mass is 292 g/mol. The van der Waals surface area contributed by atoms with Crippen molar-refractivity contribution < 1.29 is 13.9 Å². The van der Waals surface area contributed by atoms with Gasteiger partial charge in [0, 0.05) is 19.0 Å². The number of nitrogens with two attached hydrogens (primary N) is 1. The van der Waals surface area contributed by atoms with E-state index in [9.17, 15) is 0 Å². The second kappa shape index (κ2) is 7.49. The lowest BCUT2D eigenvalue weighted by Gasteiger charge is -2.12. The fourth-order valence-corrected chi connectivity index (χ4v) is 1.79. The second-order valence-corrected chi connectivity index (χ2v) is 4.19. The fraction of sp³-hybridized carbons (Fsp3) is 0.429. The van der Waals surface area contributed by atoms with E-state index in [2.05, 4.69) is 15.5 Å². The minimum Gasteiger partial charge on any atom is -0.494 e. The van der Waals surface area contributed by atoms with E-state index < -0.39 is 0 Å². The van der Waals surface area contributed by atoms with Gasteiger partial charge in [0.2, 0.25) is 5.89 Å². The number of benzene rings is 1. The van der Waals surface area contributed by atoms with E-state index >= 15 is 0 Å². The van der Waals surface area contributed by atoms with E-state index in [1.54, 1.807) is 0 Å². The van der Waals surface area contributed by atoms with Crippen LogP contribution in [-0.4, -0.2) is 30.0 Å². The lowest BCUT2D eigenvalue weighted by Crippen LogP contribution is -2.02. The highest BCUT2D eigenvalue weighted by molar-refractivity contribution is 5.64. The molecule has 0 atom stereocenters. The third-order valence-corrected chi connectivity index (χ3v) is 2.63. The van der Waals surface area contributed by atoms with Crippen molar-refractivity contribution in [3.8, 4) is 11.5 Å². The molecule has 0 saturated carbocycles. The number of hydrogen-bond acceptors (Lipinski definition) is 7. The molecule has 1 aromatic carbocycles. The number of nitrogens with one attached hydrogen (secondary N) is 1. The molecule has 2 aromatic rings. The average molecular weight is 292 g/mol. The Hall–Kier alpha value is -2.28. The molecule has 114 valence electrons. The molecule has 0 aliphatic carbocycles. The van der Waals surface area contributed by atoms with Crippen LogP contribution >= 0.6 is 0 Å². The Morgan fingerprint density at radius 1 is 1.19 bits per heavy atom. The smallest absolute Gasteiger partial charge is 0.320 e. The molecule has 7 heteroatoms. The molecule has 0 saturated heterocycles. The van der Waals surface area contributed by atoms with Gasteiger partial charge in [0.15, 0.2) is 0 Å². The maximum atomic E-state index is 5.57. The van der Waals surface area contributed by atoms with Crippen LogP contribution in [0.2, 0.25) is 0 Å². The van der Waals surface area contributed by atoms with Gasteiger partial charge in [-0.2, -0.15) is 0 Å². The Labute approximate surface area is 123 Å². The number of ether oxygens (including phenoxy) is 2. The lowest BCUT2D eigenvalue weighted by molar-refractivity contribution is 0.332. The Bertz CT molecular complexity index is 571. The van der Waals surface area contributed by atoms with Crippen molar-refractivity contribution in [1.82, 2.24) is 10.2 Å². The van der Waals surface area contributed by atoms with Crippen molar-refractivity contribution >= 4 is 11.7 Å². The lowest BCUT2D eigenvalue weighted by atomic mass is 10.2. The van der Waals surface area contributed by atoms with Crippen LogP contribution in [0.1, 0.15) is 19.7 Å². The summed E-state index contributed by atoms with van der Waals surface area (Å²) in [5, 5.41) is 10.9. The highest BCUT2D eigenvalue weighted by Gasteiger charge is 2.10. The van der Waals surface area contributed by atoms with Crippen LogP contribution in [-0.2, 0) is 6.42 Å². The summed E-state index contributed by atoms with van der Waals surface area (Å²) >= 11 is 0. The van der Waals surface area contributed by atoms with Crippen molar-refractivity contribution in [2.75, 3.05) is 25.1 Å². The van der Waals surface area contributed by atoms with Gasteiger partial charge in [0.25, 0.3) is 0 Å². The Morgan fingerprint density at radius 3 is 2.71 bits per heavy atom. The van der Waals surface area contributed by atoms with Crippen molar-refractivity contribution in [1.29, 1.82) is 0 Å². The minimum absolute atomic E-state index is 0.299. The van der Waals surface area contributed by atoms with Crippen LogP contribution in [0.4, 0.5) is 11.7 Å². The van der Waals surface area contributed by atoms with Crippen molar-refractivity contribution in [3.63, 3.8) is 0 Å². The maximum absolute atomic E-state index is 5.57. The number of nitrogens with zero attached hydrogens (tertiary/aromatic N) is 2. The number of anilines is 2. The van der Waals surface area contributed by atoms with Gasteiger partial charge in [0.1, 0.15) is 11.5 Å². The summed E-state index contributed by atoms with van der Waals surface area (Å²) in [6.07, 6.45) is 0.548. The predicted octanol–water partition coefficient (Wildman–Crippen LogP) is 2.11. The van der Waals surface area contributed by atoms with Crippen LogP contribution in [0.5, 0.6) is 11.5 Å². The minimum atomic E-state index is 0.299. The zero-order valence-electron chi connectivity index (χ0n) is 12.3. The molecular weight excluding hydrogens is 272 g/mol. The molecule has 0 aliphatic rings. The van der Waals surface area contributed by atoms with Crippen molar-refractivity contribution in [2.24, 2.45) is 5.73 Å². The Balaban J connectivity index is 2.20. The molecule has 2 rings (SSSR count). The van der Waals surface area contributed by atoms with Crippen LogP contribution in [0, 0.1) is 0 Å². The van der Waals surface area contributed by atoms with Gasteiger partial charge in [-0.1, -0.05) is 5.10 Å². The Morgan fingerprint density at radius 2 is 2.00 bits per heavy atom. The van der Waals surface area contributed by atoms with E-state index in [0.717, 1.165) is 5.75 Å². The topological polar surface area (TPSA) is 95.4 Å². The average Bonchev–Trinajstić information content (AvgIpc) is 2.90. The van der Waals surface area contributed by atoms with E-state index in [0.29, 0.717) is 49.5 Å². The van der Waals surface area contributed by atoms with E-state index in [-0.39, 0.29) is 0 Å². The van der Waals surface area contributed by atoms with Crippen LogP contribution in [0.25, 0.3) is 0 Å². The molecule has 0 amide bonds. The summed E-state index contributed by atoms with van der Waals surface area (Å²) in [4.78, 5) is 0. The van der Waals surface area contributed by atoms with Crippen LogP contribution in [0.3, 0.4) is 0 Å². The largest absolute Gasteiger partial charge is 0.494 e. The third-order valence-electron chi connectivity index (χ3n) is 2.63. The molecule has 1 heterocycles. The predicted molar refractivity (Wildman–Crippen MR) is 79.1 cm³/mol. The number of aromatic nitrogens is 2. The zero-order valence-corrected chi connectivity index (χ0v) is 12.3. The van der Waals surface area contributed by atoms with Gasteiger partial charge >= 0.3 is 6.01 Å². The van der Waals surface area contributed by atoms with E-state index in [1.165, 1.54) is 0 Å². The maximum Gasteiger partial charge on any atom is 0.320 e. The SMILES string of the molecule is CCOc1ccc(OCC)c(Nc2nnc(CCN)o2)c1. The summed E-state index contributed by atoms with van der Waals surface area (Å²) in [5.41, 5.74) is 6.17. The standard InChI is InChI=1S/C14H20N4O3/c1-3-19-10-5-6-12(20-4-2)11(9-10)16-14-18-17-13(21-14)7-8-15/h5-6,9H,3-4,7-8,15H2,1-2H3,(H,16,18). The summed E-state index contributed by atoms with van der Waals surface area (Å²) in [6, 6.07) is 5.83. The molecule has 0 bridgehead atoms. The zero-order chi connectivity index (χ0) is 15.1. The van der Waals surface area contributed by atoms with Gasteiger partial charge < -0.3 is 24.9 Å². The molecule has 21 heavy (non-hydrogen) atoms. The molecule has 0 aliphatic heterocycles. The first-order chi connectivity index (χ1) is 10.3. The van der Waals surface area contributed by atoms with E-state index in [4.69, 9.17) is 19.6 Å². The fourth-order valence-electron chi connectivity index (χ4n) is 1.79. The number of rotatable bonds is 8. The first-order valence-corrected chi connectivity index (χ1v) is 6.96. The van der Waals surface area contributed by atoms with Gasteiger partial charge in [-0.05, 0) is 26.0 Å². The van der Waals surface area contributed by atoms with Gasteiger partial charge in [-0.3, -0.25) is 0 Å². The molecule has 0 fully saturated rings. The van der Waals surface area contributed by atoms with Gasteiger partial charge in [-0.15, -0.1) is 5.10 Å². The first kappa shape index (κ1) is 15.1. The van der Waals surface area contributed by atoms with Gasteiger partial charge in [-0.25, -0.2) is 0 Å². The van der Waals surface area contributed by atoms with E-state index in [1.807, 2.05) is 32.0 Å². The summed E-state index contributed by atoms with van der Waals surface area (Å²) in [6.45, 7) is 5.47. The number of hydrogen-bond donors (Lipinski definition) is 2. The summed E-state index contributed by atoms with van der Waals surface area (Å²) in [7, 11) is 0. The van der Waals surface area contributed by atoms with Crippen molar-refractivity contribution in [2.45, 2.75) is 20.3 Å². The van der Waals surface area contributed by atoms with Crippen molar-refractivity contribution in [3.05, 3.63) is 24.1 Å². The highest BCUT2D eigenvalue weighted by Crippen LogP contribution is 2.31. The molecule has 3 N–H and O–H groups in total. The first-order valence-electron chi connectivity index (χ1n) is 6.96. The normalized spacial score (nSPS) is 10.4. The molecule has 0 radical (unpaired) electrons. The molecular formula is C14H20N4O3. The molecule has 0 spiro atoms. The van der Waals surface area contributed by atoms with Crippen LogP contribution in [0.15, 0.2) is 22.6 Å². The van der Waals surface area contributed by atoms with Crippen LogP contribution < -0.4 is 20.5 Å². The summed E-state index contributed by atoms with van der Waals surface area (Å²) < 4.78 is 16.5. The quantitative estimate of drug-likeness (QED) is 0.769.